The molecule has 2 aromatic heterocycles. The number of aryl methyl sites for hydroxylation is 1. The maximum Gasteiger partial charge on any atom is 0.293 e. The average Bonchev–Trinajstić information content (AvgIpc) is 2.90. The van der Waals surface area contributed by atoms with E-state index in [9.17, 15) is 4.79 Å². The van der Waals surface area contributed by atoms with Crippen molar-refractivity contribution in [2.45, 2.75) is 19.9 Å². The lowest BCUT2D eigenvalue weighted by Crippen LogP contribution is -2.25. The van der Waals surface area contributed by atoms with Gasteiger partial charge < -0.3 is 5.32 Å². The van der Waals surface area contributed by atoms with Crippen LogP contribution in [0.1, 0.15) is 28.8 Å². The van der Waals surface area contributed by atoms with E-state index in [1.54, 1.807) is 6.20 Å². The minimum atomic E-state index is -0.369. The molecule has 17 heavy (non-hydrogen) atoms. The number of pyridine rings is 1. The van der Waals surface area contributed by atoms with E-state index in [1.807, 2.05) is 19.1 Å². The fourth-order valence-electron chi connectivity index (χ4n) is 1.45. The van der Waals surface area contributed by atoms with Crippen LogP contribution >= 0.6 is 0 Å². The van der Waals surface area contributed by atoms with E-state index < -0.39 is 0 Å². The summed E-state index contributed by atoms with van der Waals surface area (Å²) >= 11 is 0. The summed E-state index contributed by atoms with van der Waals surface area (Å²) in [6, 6.07) is 3.87. The number of H-pyrrole nitrogens is 1. The van der Waals surface area contributed by atoms with E-state index >= 15 is 0 Å². The number of hydrogen-bond acceptors (Lipinski definition) is 5. The number of aromatic amines is 1. The number of nitrogens with zero attached hydrogens (tertiary/aromatic N) is 4. The van der Waals surface area contributed by atoms with E-state index in [0.717, 1.165) is 17.7 Å². The highest BCUT2D eigenvalue weighted by Crippen LogP contribution is 2.05. The molecule has 0 atom stereocenters. The zero-order chi connectivity index (χ0) is 12.1. The van der Waals surface area contributed by atoms with Gasteiger partial charge in [-0.2, -0.15) is 5.21 Å². The van der Waals surface area contributed by atoms with Crippen molar-refractivity contribution in [1.82, 2.24) is 30.9 Å². The molecule has 0 aliphatic heterocycles. The molecule has 0 bridgehead atoms. The van der Waals surface area contributed by atoms with Gasteiger partial charge in [-0.15, -0.1) is 10.2 Å². The first-order valence-corrected chi connectivity index (χ1v) is 5.25. The van der Waals surface area contributed by atoms with Crippen LogP contribution in [0.25, 0.3) is 0 Å². The number of rotatable bonds is 4. The molecule has 1 amide bonds. The second-order valence-electron chi connectivity index (χ2n) is 3.38. The molecular formula is C10H12N6O. The van der Waals surface area contributed by atoms with Gasteiger partial charge in [0.15, 0.2) is 0 Å². The summed E-state index contributed by atoms with van der Waals surface area (Å²) in [5.74, 6) is -0.342. The second kappa shape index (κ2) is 5.15. The standard InChI is InChI=1S/C10H12N6O/c1-2-7-4-3-5-11-8(7)6-12-10(17)9-13-15-16-14-9/h3-5H,2,6H2,1H3,(H,12,17)(H,13,14,15,16). The van der Waals surface area contributed by atoms with Gasteiger partial charge in [-0.3, -0.25) is 9.78 Å². The largest absolute Gasteiger partial charge is 0.344 e. The topological polar surface area (TPSA) is 96.5 Å². The van der Waals surface area contributed by atoms with Crippen LogP contribution in [0.3, 0.4) is 0 Å². The smallest absolute Gasteiger partial charge is 0.293 e. The molecule has 0 spiro atoms. The van der Waals surface area contributed by atoms with Gasteiger partial charge in [-0.05, 0) is 23.3 Å². The summed E-state index contributed by atoms with van der Waals surface area (Å²) in [4.78, 5) is 15.8. The number of hydrogen-bond donors (Lipinski definition) is 2. The van der Waals surface area contributed by atoms with E-state index in [1.165, 1.54) is 0 Å². The Morgan fingerprint density at radius 1 is 1.53 bits per heavy atom. The molecule has 88 valence electrons. The van der Waals surface area contributed by atoms with Crippen LogP contribution in [-0.4, -0.2) is 31.5 Å². The molecule has 0 saturated heterocycles. The van der Waals surface area contributed by atoms with Crippen molar-refractivity contribution in [3.05, 3.63) is 35.4 Å². The maximum absolute atomic E-state index is 11.6. The molecule has 2 N–H and O–H groups in total. The zero-order valence-electron chi connectivity index (χ0n) is 9.34. The van der Waals surface area contributed by atoms with Crippen LogP contribution in [0.2, 0.25) is 0 Å². The molecule has 7 heteroatoms. The quantitative estimate of drug-likeness (QED) is 0.778. The summed E-state index contributed by atoms with van der Waals surface area (Å²) in [7, 11) is 0. The molecule has 0 aliphatic carbocycles. The van der Waals surface area contributed by atoms with E-state index in [2.05, 4.69) is 30.9 Å². The van der Waals surface area contributed by atoms with E-state index in [4.69, 9.17) is 0 Å². The fraction of sp³-hybridized carbons (Fsp3) is 0.300. The van der Waals surface area contributed by atoms with Gasteiger partial charge >= 0.3 is 0 Å². The van der Waals surface area contributed by atoms with Gasteiger partial charge in [0.1, 0.15) is 0 Å². The van der Waals surface area contributed by atoms with Crippen molar-refractivity contribution in [3.8, 4) is 0 Å². The molecule has 0 aliphatic rings. The van der Waals surface area contributed by atoms with Gasteiger partial charge in [-0.25, -0.2) is 0 Å². The van der Waals surface area contributed by atoms with Gasteiger partial charge in [0, 0.05) is 6.20 Å². The molecule has 0 fully saturated rings. The molecular weight excluding hydrogens is 220 g/mol. The Hall–Kier alpha value is -2.31. The minimum Gasteiger partial charge on any atom is -0.344 e. The predicted molar refractivity (Wildman–Crippen MR) is 59.0 cm³/mol. The highest BCUT2D eigenvalue weighted by atomic mass is 16.2. The van der Waals surface area contributed by atoms with Crippen LogP contribution in [0.15, 0.2) is 18.3 Å². The molecule has 2 rings (SSSR count). The Kier molecular flexibility index (Phi) is 3.39. The second-order valence-corrected chi connectivity index (χ2v) is 3.38. The Labute approximate surface area is 97.7 Å². The summed E-state index contributed by atoms with van der Waals surface area (Å²) < 4.78 is 0. The van der Waals surface area contributed by atoms with Crippen molar-refractivity contribution in [1.29, 1.82) is 0 Å². The van der Waals surface area contributed by atoms with E-state index in [-0.39, 0.29) is 11.7 Å². The molecule has 0 saturated carbocycles. The lowest BCUT2D eigenvalue weighted by atomic mass is 10.1. The number of carbonyl (C=O) groups excluding carboxylic acids is 1. The van der Waals surface area contributed by atoms with Gasteiger partial charge in [0.25, 0.3) is 11.7 Å². The zero-order valence-corrected chi connectivity index (χ0v) is 9.34. The highest BCUT2D eigenvalue weighted by Gasteiger charge is 2.11. The molecule has 0 unspecified atom stereocenters. The van der Waals surface area contributed by atoms with E-state index in [0.29, 0.717) is 6.54 Å². The molecule has 7 nitrogen and oxygen atoms in total. The fourth-order valence-corrected chi connectivity index (χ4v) is 1.45. The van der Waals surface area contributed by atoms with Crippen LogP contribution < -0.4 is 5.32 Å². The summed E-state index contributed by atoms with van der Waals surface area (Å²) in [5, 5.41) is 15.4. The first kappa shape index (κ1) is 11.2. The van der Waals surface area contributed by atoms with Crippen molar-refractivity contribution < 1.29 is 4.79 Å². The third kappa shape index (κ3) is 2.63. The molecule has 0 aromatic carbocycles. The molecule has 2 heterocycles. The van der Waals surface area contributed by atoms with Crippen molar-refractivity contribution in [2.24, 2.45) is 0 Å². The highest BCUT2D eigenvalue weighted by molar-refractivity contribution is 5.89. The summed E-state index contributed by atoms with van der Waals surface area (Å²) in [6.45, 7) is 2.40. The lowest BCUT2D eigenvalue weighted by Gasteiger charge is -2.06. The monoisotopic (exact) mass is 232 g/mol. The van der Waals surface area contributed by atoms with Gasteiger partial charge in [0.05, 0.1) is 12.2 Å². The number of aromatic nitrogens is 5. The first-order chi connectivity index (χ1) is 8.31. The molecule has 2 aromatic rings. The van der Waals surface area contributed by atoms with Crippen LogP contribution in [0.4, 0.5) is 0 Å². The van der Waals surface area contributed by atoms with Gasteiger partial charge in [0.2, 0.25) is 0 Å². The first-order valence-electron chi connectivity index (χ1n) is 5.25. The number of tetrazole rings is 1. The summed E-state index contributed by atoms with van der Waals surface area (Å²) in [6.07, 6.45) is 2.58. The lowest BCUT2D eigenvalue weighted by molar-refractivity contribution is 0.0940. The third-order valence-corrected chi connectivity index (χ3v) is 2.33. The van der Waals surface area contributed by atoms with Crippen molar-refractivity contribution in [3.63, 3.8) is 0 Å². The van der Waals surface area contributed by atoms with Crippen LogP contribution in [0.5, 0.6) is 0 Å². The van der Waals surface area contributed by atoms with Gasteiger partial charge in [-0.1, -0.05) is 13.0 Å². The number of amides is 1. The maximum atomic E-state index is 11.6. The SMILES string of the molecule is CCc1cccnc1CNC(=O)c1nn[nH]n1. The van der Waals surface area contributed by atoms with Crippen molar-refractivity contribution >= 4 is 5.91 Å². The van der Waals surface area contributed by atoms with Crippen LogP contribution in [0, 0.1) is 0 Å². The Balaban J connectivity index is 2.00. The number of nitrogens with one attached hydrogen (secondary N) is 2. The molecule has 0 radical (unpaired) electrons. The normalized spacial score (nSPS) is 10.2. The summed E-state index contributed by atoms with van der Waals surface area (Å²) in [5.41, 5.74) is 1.97. The van der Waals surface area contributed by atoms with Crippen LogP contribution in [-0.2, 0) is 13.0 Å². The van der Waals surface area contributed by atoms with Crippen molar-refractivity contribution in [2.75, 3.05) is 0 Å². The Morgan fingerprint density at radius 3 is 3.12 bits per heavy atom. The third-order valence-electron chi connectivity index (χ3n) is 2.33. The predicted octanol–water partition coefficient (Wildman–Crippen LogP) is 0.0871. The Morgan fingerprint density at radius 2 is 2.41 bits per heavy atom. The number of carbonyl (C=O) groups is 1. The average molecular weight is 232 g/mol. The minimum absolute atomic E-state index is 0.0268. The Bertz CT molecular complexity index is 495.